The second-order valence-corrected chi connectivity index (χ2v) is 12.1. The van der Waals surface area contributed by atoms with E-state index in [1.54, 1.807) is 24.3 Å². The normalized spacial score (nSPS) is 20.8. The van der Waals surface area contributed by atoms with Crippen molar-refractivity contribution in [2.75, 3.05) is 0 Å². The first kappa shape index (κ1) is 25.0. The molecule has 1 aliphatic heterocycles. The van der Waals surface area contributed by atoms with Crippen molar-refractivity contribution in [3.8, 4) is 5.75 Å². The second-order valence-electron chi connectivity index (χ2n) is 12.1. The lowest BCUT2D eigenvalue weighted by atomic mass is 9.64. The molecule has 0 radical (unpaired) electrons. The van der Waals surface area contributed by atoms with Crippen molar-refractivity contribution in [3.05, 3.63) is 87.8 Å². The molecule has 0 amide bonds. The number of Topliss-reactive ketones (excluding diaryl/α,β-unsaturated/α-hetero) is 2. The summed E-state index contributed by atoms with van der Waals surface area (Å²) >= 11 is 0. The van der Waals surface area contributed by atoms with Crippen LogP contribution >= 0.6 is 0 Å². The van der Waals surface area contributed by atoms with Gasteiger partial charge in [0.25, 0.3) is 0 Å². The topological polar surface area (TPSA) is 92.7 Å². The number of nitrogens with one attached hydrogen (secondary N) is 1. The first-order valence-corrected chi connectivity index (χ1v) is 12.8. The molecular weight excluding hydrogens is 466 g/mol. The van der Waals surface area contributed by atoms with E-state index in [1.807, 2.05) is 24.3 Å². The first-order valence-electron chi connectivity index (χ1n) is 12.8. The number of ketones is 2. The molecule has 0 bridgehead atoms. The van der Waals surface area contributed by atoms with Gasteiger partial charge in [-0.15, -0.1) is 0 Å². The number of carbonyl (C=O) groups is 3. The number of hydrogen-bond donors (Lipinski definition) is 2. The number of benzene rings is 2. The van der Waals surface area contributed by atoms with E-state index in [2.05, 4.69) is 33.0 Å². The number of carbonyl (C=O) groups excluding carboxylic acids is 2. The Kier molecular flexibility index (Phi) is 6.09. The number of hydrogen-bond acceptors (Lipinski definition) is 5. The molecule has 0 saturated carbocycles. The maximum absolute atomic E-state index is 13.4. The number of aromatic carboxylic acids is 1. The smallest absolute Gasteiger partial charge is 0.335 e. The SMILES string of the molecule is CC1(C)CC(=O)C2=C(C1)NC1=C(C(=O)CC(C)(C)C1)C2c1ccc(OCc2ccc(C(=O)O)cc2)cc1. The molecule has 192 valence electrons. The molecule has 6 heteroatoms. The van der Waals surface area contributed by atoms with Gasteiger partial charge in [0.1, 0.15) is 12.4 Å². The lowest BCUT2D eigenvalue weighted by Crippen LogP contribution is -2.42. The van der Waals surface area contributed by atoms with Gasteiger partial charge >= 0.3 is 5.97 Å². The zero-order chi connectivity index (χ0) is 26.5. The predicted octanol–water partition coefficient (Wildman–Crippen LogP) is 5.94. The van der Waals surface area contributed by atoms with Crippen LogP contribution in [0.3, 0.4) is 0 Å². The third kappa shape index (κ3) is 4.97. The van der Waals surface area contributed by atoms with Gasteiger partial charge in [0.05, 0.1) is 5.56 Å². The molecule has 6 nitrogen and oxygen atoms in total. The number of ether oxygens (including phenoxy) is 1. The van der Waals surface area contributed by atoms with Crippen LogP contribution < -0.4 is 10.1 Å². The minimum Gasteiger partial charge on any atom is -0.489 e. The lowest BCUT2D eigenvalue weighted by Gasteiger charge is -2.44. The van der Waals surface area contributed by atoms with Gasteiger partial charge in [0.2, 0.25) is 0 Å². The molecular formula is C31H33NO5. The van der Waals surface area contributed by atoms with E-state index < -0.39 is 5.97 Å². The molecule has 2 aliphatic carbocycles. The Hall–Kier alpha value is -3.67. The molecule has 2 N–H and O–H groups in total. The Labute approximate surface area is 217 Å². The molecule has 0 spiro atoms. The average molecular weight is 500 g/mol. The van der Waals surface area contributed by atoms with Gasteiger partial charge in [-0.3, -0.25) is 9.59 Å². The number of carboxylic acid groups (broad SMARTS) is 1. The Balaban J connectivity index is 1.44. The number of dihydropyridines is 1. The van der Waals surface area contributed by atoms with Crippen molar-refractivity contribution < 1.29 is 24.2 Å². The van der Waals surface area contributed by atoms with Gasteiger partial charge in [-0.2, -0.15) is 0 Å². The van der Waals surface area contributed by atoms with Gasteiger partial charge in [-0.25, -0.2) is 4.79 Å². The molecule has 0 unspecified atom stereocenters. The van der Waals surface area contributed by atoms with Crippen molar-refractivity contribution in [2.45, 2.75) is 65.9 Å². The van der Waals surface area contributed by atoms with Crippen LogP contribution in [0.1, 0.15) is 80.8 Å². The van der Waals surface area contributed by atoms with Gasteiger partial charge < -0.3 is 15.2 Å². The van der Waals surface area contributed by atoms with Crippen LogP contribution in [0.15, 0.2) is 71.1 Å². The first-order chi connectivity index (χ1) is 17.4. The Morgan fingerprint density at radius 1 is 0.838 bits per heavy atom. The van der Waals surface area contributed by atoms with Crippen molar-refractivity contribution in [2.24, 2.45) is 10.8 Å². The molecule has 2 aromatic carbocycles. The van der Waals surface area contributed by atoms with Crippen LogP contribution in [0.25, 0.3) is 0 Å². The molecule has 1 heterocycles. The van der Waals surface area contributed by atoms with Gasteiger partial charge in [-0.05, 0) is 59.1 Å². The second kappa shape index (κ2) is 9.02. The zero-order valence-electron chi connectivity index (χ0n) is 21.8. The molecule has 0 aromatic heterocycles. The third-order valence-corrected chi connectivity index (χ3v) is 7.54. The van der Waals surface area contributed by atoms with Gasteiger partial charge in [0.15, 0.2) is 11.6 Å². The van der Waals surface area contributed by atoms with Crippen molar-refractivity contribution in [1.29, 1.82) is 0 Å². The van der Waals surface area contributed by atoms with Crippen LogP contribution in [0.4, 0.5) is 0 Å². The maximum atomic E-state index is 13.4. The van der Waals surface area contributed by atoms with Crippen molar-refractivity contribution in [3.63, 3.8) is 0 Å². The van der Waals surface area contributed by atoms with E-state index in [1.165, 1.54) is 0 Å². The third-order valence-electron chi connectivity index (χ3n) is 7.54. The Morgan fingerprint density at radius 2 is 1.35 bits per heavy atom. The highest BCUT2D eigenvalue weighted by Crippen LogP contribution is 2.51. The number of rotatable bonds is 5. The lowest BCUT2D eigenvalue weighted by molar-refractivity contribution is -0.119. The van der Waals surface area contributed by atoms with E-state index in [-0.39, 0.29) is 33.9 Å². The molecule has 0 atom stereocenters. The summed E-state index contributed by atoms with van der Waals surface area (Å²) in [6.07, 6.45) is 2.48. The van der Waals surface area contributed by atoms with Crippen molar-refractivity contribution in [1.82, 2.24) is 5.32 Å². The molecule has 37 heavy (non-hydrogen) atoms. The summed E-state index contributed by atoms with van der Waals surface area (Å²) in [5.41, 5.74) is 5.15. The van der Waals surface area contributed by atoms with Gasteiger partial charge in [-0.1, -0.05) is 52.0 Å². The summed E-state index contributed by atoms with van der Waals surface area (Å²) in [7, 11) is 0. The fraction of sp³-hybridized carbons (Fsp3) is 0.387. The Morgan fingerprint density at radius 3 is 1.84 bits per heavy atom. The summed E-state index contributed by atoms with van der Waals surface area (Å²) < 4.78 is 5.93. The van der Waals surface area contributed by atoms with E-state index in [4.69, 9.17) is 9.84 Å². The largest absolute Gasteiger partial charge is 0.489 e. The van der Waals surface area contributed by atoms with E-state index >= 15 is 0 Å². The fourth-order valence-corrected chi connectivity index (χ4v) is 5.89. The maximum Gasteiger partial charge on any atom is 0.335 e. The average Bonchev–Trinajstić information content (AvgIpc) is 2.80. The van der Waals surface area contributed by atoms with E-state index in [0.29, 0.717) is 25.2 Å². The van der Waals surface area contributed by atoms with Crippen LogP contribution in [0.5, 0.6) is 5.75 Å². The summed E-state index contributed by atoms with van der Waals surface area (Å²) in [5, 5.41) is 12.6. The van der Waals surface area contributed by atoms with Crippen LogP contribution in [-0.4, -0.2) is 22.6 Å². The molecule has 3 aliphatic rings. The van der Waals surface area contributed by atoms with Crippen LogP contribution in [0, 0.1) is 10.8 Å². The van der Waals surface area contributed by atoms with Crippen molar-refractivity contribution >= 4 is 17.5 Å². The quantitative estimate of drug-likeness (QED) is 0.529. The zero-order valence-corrected chi connectivity index (χ0v) is 21.8. The predicted molar refractivity (Wildman–Crippen MR) is 140 cm³/mol. The summed E-state index contributed by atoms with van der Waals surface area (Å²) in [5.74, 6) is -0.444. The monoisotopic (exact) mass is 499 g/mol. The summed E-state index contributed by atoms with van der Waals surface area (Å²) in [4.78, 5) is 37.9. The summed E-state index contributed by atoms with van der Waals surface area (Å²) in [6.45, 7) is 8.77. The highest BCUT2D eigenvalue weighted by atomic mass is 16.5. The van der Waals surface area contributed by atoms with Crippen LogP contribution in [0.2, 0.25) is 0 Å². The van der Waals surface area contributed by atoms with E-state index in [9.17, 15) is 14.4 Å². The highest BCUT2D eigenvalue weighted by molar-refractivity contribution is 6.06. The molecule has 0 saturated heterocycles. The van der Waals surface area contributed by atoms with Gasteiger partial charge in [0, 0.05) is 41.3 Å². The standard InChI is InChI=1S/C31H33NO5/c1-30(2)13-22-27(24(33)15-30)26(28-23(32-22)14-31(3,4)16-25(28)34)19-9-11-21(12-10-19)37-17-18-5-7-20(8-6-18)29(35)36/h5-12,26,32H,13-17H2,1-4H3,(H,35,36). The highest BCUT2D eigenvalue weighted by Gasteiger charge is 2.46. The minimum absolute atomic E-state index is 0.109. The molecule has 0 fully saturated rings. The fourth-order valence-electron chi connectivity index (χ4n) is 5.89. The number of allylic oxidation sites excluding steroid dienone is 4. The molecule has 2 aromatic rings. The Bertz CT molecular complexity index is 1290. The number of carboxylic acids is 1. The van der Waals surface area contributed by atoms with E-state index in [0.717, 1.165) is 46.5 Å². The van der Waals surface area contributed by atoms with Crippen LogP contribution in [-0.2, 0) is 16.2 Å². The minimum atomic E-state index is -0.961. The summed E-state index contributed by atoms with van der Waals surface area (Å²) in [6, 6.07) is 14.2. The molecule has 5 rings (SSSR count).